The van der Waals surface area contributed by atoms with Gasteiger partial charge in [-0.1, -0.05) is 30.3 Å². The molecule has 1 aromatic carbocycles. The van der Waals surface area contributed by atoms with Gasteiger partial charge < -0.3 is 9.64 Å². The van der Waals surface area contributed by atoms with Crippen LogP contribution in [-0.4, -0.2) is 60.0 Å². The zero-order valence-corrected chi connectivity index (χ0v) is 18.3. The van der Waals surface area contributed by atoms with Gasteiger partial charge in [-0.3, -0.25) is 14.5 Å². The molecule has 2 amide bonds. The van der Waals surface area contributed by atoms with Crippen molar-refractivity contribution in [2.24, 2.45) is 0 Å². The Hall–Kier alpha value is -2.80. The Labute approximate surface area is 183 Å². The summed E-state index contributed by atoms with van der Waals surface area (Å²) in [6, 6.07) is 10.3. The highest BCUT2D eigenvalue weighted by Gasteiger charge is 2.33. The Morgan fingerprint density at radius 2 is 2.03 bits per heavy atom. The summed E-state index contributed by atoms with van der Waals surface area (Å²) < 4.78 is 5.01. The largest absolute Gasteiger partial charge is 0.375 e. The van der Waals surface area contributed by atoms with Gasteiger partial charge in [0.1, 0.15) is 18.2 Å². The number of carbonyl (C=O) groups is 2. The Morgan fingerprint density at radius 1 is 1.23 bits per heavy atom. The number of aryl methyl sites for hydroxylation is 2. The van der Waals surface area contributed by atoms with Crippen molar-refractivity contribution in [1.29, 1.82) is 0 Å². The summed E-state index contributed by atoms with van der Waals surface area (Å²) in [5.41, 5.74) is 3.09. The fraction of sp³-hybridized carbons (Fsp3) is 0.500. The lowest BCUT2D eigenvalue weighted by Gasteiger charge is -2.32. The van der Waals surface area contributed by atoms with Crippen LogP contribution < -0.4 is 4.90 Å². The summed E-state index contributed by atoms with van der Waals surface area (Å²) in [7, 11) is 1.54. The van der Waals surface area contributed by atoms with E-state index in [0.29, 0.717) is 19.5 Å². The van der Waals surface area contributed by atoms with E-state index in [1.165, 1.54) is 12.7 Å². The van der Waals surface area contributed by atoms with Crippen molar-refractivity contribution in [2.75, 3.05) is 38.3 Å². The van der Waals surface area contributed by atoms with Gasteiger partial charge in [-0.15, -0.1) is 0 Å². The van der Waals surface area contributed by atoms with Crippen molar-refractivity contribution in [1.82, 2.24) is 14.9 Å². The maximum Gasteiger partial charge on any atom is 0.248 e. The second kappa shape index (κ2) is 9.56. The first-order chi connectivity index (χ1) is 15.1. The molecule has 7 nitrogen and oxygen atoms in total. The summed E-state index contributed by atoms with van der Waals surface area (Å²) in [4.78, 5) is 38.3. The normalized spacial score (nSPS) is 18.4. The van der Waals surface area contributed by atoms with Crippen molar-refractivity contribution in [2.45, 2.75) is 44.9 Å². The van der Waals surface area contributed by atoms with E-state index >= 15 is 0 Å². The van der Waals surface area contributed by atoms with E-state index in [9.17, 15) is 9.59 Å². The van der Waals surface area contributed by atoms with Crippen LogP contribution in [0.15, 0.2) is 30.3 Å². The molecule has 0 aliphatic carbocycles. The van der Waals surface area contributed by atoms with Crippen LogP contribution in [0.5, 0.6) is 0 Å². The van der Waals surface area contributed by atoms with Gasteiger partial charge in [0, 0.05) is 43.9 Å². The number of anilines is 1. The summed E-state index contributed by atoms with van der Waals surface area (Å²) in [5.74, 6) is 1.69. The first-order valence-electron chi connectivity index (χ1n) is 11.0. The minimum absolute atomic E-state index is 0.00259. The van der Waals surface area contributed by atoms with Gasteiger partial charge in [0.2, 0.25) is 11.8 Å². The van der Waals surface area contributed by atoms with Crippen molar-refractivity contribution < 1.29 is 14.3 Å². The zero-order chi connectivity index (χ0) is 21.8. The van der Waals surface area contributed by atoms with Crippen molar-refractivity contribution in [3.63, 3.8) is 0 Å². The number of benzene rings is 1. The highest BCUT2D eigenvalue weighted by atomic mass is 16.5. The smallest absolute Gasteiger partial charge is 0.248 e. The fourth-order valence-corrected chi connectivity index (χ4v) is 4.53. The molecule has 2 aromatic rings. The number of fused-ring (bicyclic) bond motifs is 1. The average molecular weight is 423 g/mol. The predicted octanol–water partition coefficient (Wildman–Crippen LogP) is 2.66. The zero-order valence-electron chi connectivity index (χ0n) is 18.3. The van der Waals surface area contributed by atoms with Crippen LogP contribution in [0.4, 0.5) is 5.82 Å². The van der Waals surface area contributed by atoms with Crippen LogP contribution in [0.2, 0.25) is 0 Å². The lowest BCUT2D eigenvalue weighted by atomic mass is 9.96. The number of methoxy groups -OCH3 is 1. The first-order valence-corrected chi connectivity index (χ1v) is 11.0. The lowest BCUT2D eigenvalue weighted by molar-refractivity contribution is -0.136. The Kier molecular flexibility index (Phi) is 6.61. The van der Waals surface area contributed by atoms with E-state index in [0.717, 1.165) is 55.1 Å². The van der Waals surface area contributed by atoms with E-state index in [-0.39, 0.29) is 24.3 Å². The third-order valence-corrected chi connectivity index (χ3v) is 6.19. The van der Waals surface area contributed by atoms with Gasteiger partial charge in [-0.05, 0) is 38.2 Å². The van der Waals surface area contributed by atoms with Crippen LogP contribution >= 0.6 is 0 Å². The minimum atomic E-state index is 0.00259. The Bertz CT molecular complexity index is 947. The molecule has 1 unspecified atom stereocenters. The van der Waals surface area contributed by atoms with E-state index < -0.39 is 0 Å². The molecule has 4 rings (SSSR count). The number of hydrogen-bond donors (Lipinski definition) is 0. The topological polar surface area (TPSA) is 75.6 Å². The van der Waals surface area contributed by atoms with Crippen molar-refractivity contribution in [3.05, 3.63) is 53.0 Å². The van der Waals surface area contributed by atoms with Crippen LogP contribution in [0.25, 0.3) is 0 Å². The molecule has 0 saturated carbocycles. The molecule has 1 saturated heterocycles. The number of piperidine rings is 1. The fourth-order valence-electron chi connectivity index (χ4n) is 4.53. The number of aromatic nitrogens is 2. The van der Waals surface area contributed by atoms with Crippen molar-refractivity contribution >= 4 is 17.6 Å². The highest BCUT2D eigenvalue weighted by molar-refractivity contribution is 6.00. The number of nitrogens with zero attached hydrogens (tertiary/aromatic N) is 4. The standard InChI is InChI=1S/C24H30N4O3/c1-17-20-14-21(29)28(13-6-10-18-8-4-3-5-9-18)24(20)26-23(25-17)19-11-7-12-27(15-19)22(30)16-31-2/h3-5,8-9,19H,6-7,10-16H2,1-2H3. The number of ether oxygens (including phenoxy) is 1. The SMILES string of the molecule is COCC(=O)N1CCCC(c2nc(C)c3c(n2)N(CCCc2ccccc2)C(=O)C3)C1. The van der Waals surface area contributed by atoms with Crippen LogP contribution in [0.3, 0.4) is 0 Å². The highest BCUT2D eigenvalue weighted by Crippen LogP contribution is 2.33. The van der Waals surface area contributed by atoms with E-state index in [1.807, 2.05) is 34.9 Å². The molecule has 1 aromatic heterocycles. The first kappa shape index (κ1) is 21.4. The molecule has 164 valence electrons. The number of amides is 2. The molecule has 0 spiro atoms. The maximum atomic E-state index is 12.7. The number of likely N-dealkylation sites (tertiary alicyclic amines) is 1. The van der Waals surface area contributed by atoms with Gasteiger partial charge >= 0.3 is 0 Å². The van der Waals surface area contributed by atoms with Crippen LogP contribution in [0.1, 0.15) is 47.8 Å². The average Bonchev–Trinajstić information content (AvgIpc) is 3.11. The molecular weight excluding hydrogens is 392 g/mol. The molecule has 1 fully saturated rings. The van der Waals surface area contributed by atoms with Gasteiger partial charge in [0.25, 0.3) is 0 Å². The monoisotopic (exact) mass is 422 g/mol. The van der Waals surface area contributed by atoms with E-state index in [1.54, 1.807) is 0 Å². The minimum Gasteiger partial charge on any atom is -0.375 e. The van der Waals surface area contributed by atoms with E-state index in [2.05, 4.69) is 12.1 Å². The molecule has 2 aliphatic heterocycles. The maximum absolute atomic E-state index is 12.7. The molecule has 1 atom stereocenters. The molecule has 0 radical (unpaired) electrons. The summed E-state index contributed by atoms with van der Waals surface area (Å²) in [5, 5.41) is 0. The number of carbonyl (C=O) groups excluding carboxylic acids is 2. The second-order valence-corrected chi connectivity index (χ2v) is 8.39. The summed E-state index contributed by atoms with van der Waals surface area (Å²) in [6.45, 7) is 4.05. The van der Waals surface area contributed by atoms with Gasteiger partial charge in [0.15, 0.2) is 0 Å². The Morgan fingerprint density at radius 3 is 2.81 bits per heavy atom. The van der Waals surface area contributed by atoms with Crippen molar-refractivity contribution in [3.8, 4) is 0 Å². The number of rotatable bonds is 7. The molecular formula is C24H30N4O3. The molecule has 31 heavy (non-hydrogen) atoms. The third-order valence-electron chi connectivity index (χ3n) is 6.19. The van der Waals surface area contributed by atoms with Crippen LogP contribution in [0, 0.1) is 6.92 Å². The molecule has 7 heteroatoms. The molecule has 3 heterocycles. The lowest BCUT2D eigenvalue weighted by Crippen LogP contribution is -2.41. The second-order valence-electron chi connectivity index (χ2n) is 8.39. The Balaban J connectivity index is 1.49. The predicted molar refractivity (Wildman–Crippen MR) is 118 cm³/mol. The molecule has 2 aliphatic rings. The van der Waals surface area contributed by atoms with Gasteiger partial charge in [-0.2, -0.15) is 0 Å². The van der Waals surface area contributed by atoms with Gasteiger partial charge in [-0.25, -0.2) is 9.97 Å². The third kappa shape index (κ3) is 4.77. The summed E-state index contributed by atoms with van der Waals surface area (Å²) >= 11 is 0. The number of hydrogen-bond acceptors (Lipinski definition) is 5. The molecule has 0 N–H and O–H groups in total. The quantitative estimate of drug-likeness (QED) is 0.686. The molecule has 0 bridgehead atoms. The van der Waals surface area contributed by atoms with E-state index in [4.69, 9.17) is 14.7 Å². The van der Waals surface area contributed by atoms with Crippen LogP contribution in [-0.2, 0) is 27.2 Å². The van der Waals surface area contributed by atoms with Gasteiger partial charge in [0.05, 0.1) is 6.42 Å². The summed E-state index contributed by atoms with van der Waals surface area (Å²) in [6.07, 6.45) is 4.04.